The van der Waals surface area contributed by atoms with E-state index in [2.05, 4.69) is 35.2 Å². The van der Waals surface area contributed by atoms with Crippen molar-refractivity contribution in [3.63, 3.8) is 0 Å². The summed E-state index contributed by atoms with van der Waals surface area (Å²) < 4.78 is 1.28. The van der Waals surface area contributed by atoms with Gasteiger partial charge in [0.05, 0.1) is 16.7 Å². The van der Waals surface area contributed by atoms with Crippen molar-refractivity contribution >= 4 is 27.4 Å². The number of nitrogens with two attached hydrogens (primary N) is 3. The summed E-state index contributed by atoms with van der Waals surface area (Å²) >= 11 is 1.78. The smallest absolute Gasteiger partial charge is 0.227 e. The average Bonchev–Trinajstić information content (AvgIpc) is 3.36. The fourth-order valence-electron chi connectivity index (χ4n) is 6.02. The fraction of sp³-hybridized carbons (Fsp3) is 0.571. The van der Waals surface area contributed by atoms with E-state index in [0.29, 0.717) is 23.7 Å². The van der Waals surface area contributed by atoms with Crippen molar-refractivity contribution in [2.75, 3.05) is 24.5 Å². The molecule has 1 atom stereocenters. The second-order valence-corrected chi connectivity index (χ2v) is 11.8. The number of thiophene rings is 1. The SMILES string of the molecule is NCC1CCC(C(N)N(C[C@H]2CC[C@@H](CN)CC2)c2nccc(-c3cc4ccccc4s3)n2)CC1. The molecule has 7 heteroatoms. The topological polar surface area (TPSA) is 107 Å². The number of hydrogen-bond acceptors (Lipinski definition) is 7. The van der Waals surface area contributed by atoms with Crippen LogP contribution in [0.2, 0.25) is 0 Å². The molecule has 1 aromatic carbocycles. The zero-order valence-electron chi connectivity index (χ0n) is 20.7. The Morgan fingerprint density at radius 1 is 0.886 bits per heavy atom. The van der Waals surface area contributed by atoms with Gasteiger partial charge in [0.25, 0.3) is 0 Å². The molecule has 0 spiro atoms. The van der Waals surface area contributed by atoms with Gasteiger partial charge in [-0.3, -0.25) is 0 Å². The number of hydrogen-bond donors (Lipinski definition) is 3. The lowest BCUT2D eigenvalue weighted by molar-refractivity contribution is 0.227. The van der Waals surface area contributed by atoms with Crippen LogP contribution in [0, 0.1) is 23.7 Å². The van der Waals surface area contributed by atoms with Crippen LogP contribution >= 0.6 is 11.3 Å². The molecule has 0 bridgehead atoms. The summed E-state index contributed by atoms with van der Waals surface area (Å²) in [4.78, 5) is 13.4. The summed E-state index contributed by atoms with van der Waals surface area (Å²) in [6.07, 6.45) is 11.3. The van der Waals surface area contributed by atoms with Crippen LogP contribution < -0.4 is 22.1 Å². The normalized spacial score (nSPS) is 26.0. The molecule has 2 saturated carbocycles. The maximum Gasteiger partial charge on any atom is 0.227 e. The highest BCUT2D eigenvalue weighted by atomic mass is 32.1. The van der Waals surface area contributed by atoms with Crippen molar-refractivity contribution in [2.45, 2.75) is 57.5 Å². The quantitative estimate of drug-likeness (QED) is 0.383. The van der Waals surface area contributed by atoms with E-state index in [1.807, 2.05) is 12.3 Å². The minimum absolute atomic E-state index is 0.0707. The van der Waals surface area contributed by atoms with Crippen LogP contribution in [0.1, 0.15) is 51.4 Å². The van der Waals surface area contributed by atoms with E-state index in [0.717, 1.165) is 44.1 Å². The summed E-state index contributed by atoms with van der Waals surface area (Å²) in [5.41, 5.74) is 19.9. The molecule has 2 aromatic heterocycles. The van der Waals surface area contributed by atoms with Gasteiger partial charge in [-0.15, -0.1) is 11.3 Å². The molecule has 5 rings (SSSR count). The molecular formula is C28H40N6S. The van der Waals surface area contributed by atoms with Gasteiger partial charge < -0.3 is 22.1 Å². The largest absolute Gasteiger partial charge is 0.330 e. The van der Waals surface area contributed by atoms with Crippen LogP contribution in [0.4, 0.5) is 5.95 Å². The molecule has 0 amide bonds. The fourth-order valence-corrected chi connectivity index (χ4v) is 7.05. The number of anilines is 1. The molecule has 0 radical (unpaired) electrons. The molecule has 2 aliphatic carbocycles. The first-order valence-corrected chi connectivity index (χ1v) is 14.2. The first-order valence-electron chi connectivity index (χ1n) is 13.4. The van der Waals surface area contributed by atoms with Crippen LogP contribution in [0.3, 0.4) is 0 Å². The Hall–Kier alpha value is -2.06. The number of benzene rings is 1. The van der Waals surface area contributed by atoms with Crippen molar-refractivity contribution in [1.82, 2.24) is 9.97 Å². The van der Waals surface area contributed by atoms with Crippen molar-refractivity contribution < 1.29 is 0 Å². The van der Waals surface area contributed by atoms with E-state index < -0.39 is 0 Å². The van der Waals surface area contributed by atoms with Gasteiger partial charge in [-0.1, -0.05) is 18.2 Å². The molecule has 2 heterocycles. The molecule has 0 aliphatic heterocycles. The highest BCUT2D eigenvalue weighted by molar-refractivity contribution is 7.22. The summed E-state index contributed by atoms with van der Waals surface area (Å²) in [6.45, 7) is 2.52. The van der Waals surface area contributed by atoms with Gasteiger partial charge in [-0.25, -0.2) is 9.97 Å². The Kier molecular flexibility index (Phi) is 7.97. The van der Waals surface area contributed by atoms with Crippen molar-refractivity contribution in [1.29, 1.82) is 0 Å². The van der Waals surface area contributed by atoms with Crippen LogP contribution in [0.25, 0.3) is 20.7 Å². The minimum Gasteiger partial charge on any atom is -0.330 e. The van der Waals surface area contributed by atoms with E-state index in [-0.39, 0.29) is 6.17 Å². The third kappa shape index (κ3) is 5.69. The molecule has 1 unspecified atom stereocenters. The summed E-state index contributed by atoms with van der Waals surface area (Å²) in [5, 5.41) is 1.26. The Morgan fingerprint density at radius 3 is 2.23 bits per heavy atom. The molecule has 35 heavy (non-hydrogen) atoms. The van der Waals surface area contributed by atoms with E-state index in [1.54, 1.807) is 11.3 Å². The van der Waals surface area contributed by atoms with Gasteiger partial charge in [0.2, 0.25) is 5.95 Å². The number of aromatic nitrogens is 2. The average molecular weight is 493 g/mol. The molecule has 3 aromatic rings. The zero-order valence-corrected chi connectivity index (χ0v) is 21.5. The Balaban J connectivity index is 1.40. The number of fused-ring (bicyclic) bond motifs is 1. The first kappa shape index (κ1) is 24.6. The van der Waals surface area contributed by atoms with Crippen LogP contribution in [-0.2, 0) is 0 Å². The summed E-state index contributed by atoms with van der Waals surface area (Å²) in [6, 6.07) is 12.8. The van der Waals surface area contributed by atoms with Gasteiger partial charge in [0.15, 0.2) is 0 Å². The highest BCUT2D eigenvalue weighted by Gasteiger charge is 2.32. The van der Waals surface area contributed by atoms with Gasteiger partial charge >= 0.3 is 0 Å². The zero-order chi connectivity index (χ0) is 24.2. The molecule has 2 fully saturated rings. The van der Waals surface area contributed by atoms with Gasteiger partial charge in [0, 0.05) is 17.4 Å². The van der Waals surface area contributed by atoms with E-state index in [9.17, 15) is 0 Å². The van der Waals surface area contributed by atoms with E-state index in [4.69, 9.17) is 27.2 Å². The van der Waals surface area contributed by atoms with E-state index >= 15 is 0 Å². The second kappa shape index (κ2) is 11.3. The molecule has 6 nitrogen and oxygen atoms in total. The van der Waals surface area contributed by atoms with Gasteiger partial charge in [-0.2, -0.15) is 0 Å². The molecule has 2 aliphatic rings. The number of rotatable bonds is 8. The molecular weight excluding hydrogens is 452 g/mol. The third-order valence-corrected chi connectivity index (χ3v) is 9.54. The number of nitrogens with zero attached hydrogens (tertiary/aromatic N) is 3. The Bertz CT molecular complexity index is 1050. The molecule has 0 saturated heterocycles. The Labute approximate surface area is 213 Å². The molecule has 6 N–H and O–H groups in total. The van der Waals surface area contributed by atoms with Crippen molar-refractivity contribution in [2.24, 2.45) is 40.9 Å². The predicted octanol–water partition coefficient (Wildman–Crippen LogP) is 4.98. The Morgan fingerprint density at radius 2 is 1.54 bits per heavy atom. The summed E-state index contributed by atoms with van der Waals surface area (Å²) in [5.74, 6) is 3.16. The van der Waals surface area contributed by atoms with Crippen LogP contribution in [-0.4, -0.2) is 35.8 Å². The van der Waals surface area contributed by atoms with Crippen LogP contribution in [0.5, 0.6) is 0 Å². The minimum atomic E-state index is -0.0707. The highest BCUT2D eigenvalue weighted by Crippen LogP contribution is 2.36. The monoisotopic (exact) mass is 492 g/mol. The van der Waals surface area contributed by atoms with Gasteiger partial charge in [-0.05, 0) is 112 Å². The standard InChI is InChI=1S/C28H40N6S/c29-16-19-5-7-21(8-6-19)18-34(27(31)22-11-9-20(17-30)10-12-22)28-32-14-13-24(33-28)26-15-23-3-1-2-4-25(23)35-26/h1-4,13-15,19-22,27H,5-12,16-18,29-31H2/t19-,20?,21+,22?,27?. The third-order valence-electron chi connectivity index (χ3n) is 8.40. The van der Waals surface area contributed by atoms with Crippen molar-refractivity contribution in [3.8, 4) is 10.6 Å². The van der Waals surface area contributed by atoms with Crippen molar-refractivity contribution in [3.05, 3.63) is 42.6 Å². The summed E-state index contributed by atoms with van der Waals surface area (Å²) in [7, 11) is 0. The molecule has 188 valence electrons. The lowest BCUT2D eigenvalue weighted by Gasteiger charge is -2.40. The predicted molar refractivity (Wildman–Crippen MR) is 147 cm³/mol. The second-order valence-electron chi connectivity index (χ2n) is 10.7. The van der Waals surface area contributed by atoms with Crippen LogP contribution in [0.15, 0.2) is 42.6 Å². The van der Waals surface area contributed by atoms with Gasteiger partial charge in [0.1, 0.15) is 0 Å². The lowest BCUT2D eigenvalue weighted by atomic mass is 9.79. The maximum absolute atomic E-state index is 7.03. The first-order chi connectivity index (χ1) is 17.1. The van der Waals surface area contributed by atoms with E-state index in [1.165, 1.54) is 53.5 Å². The lowest BCUT2D eigenvalue weighted by Crippen LogP contribution is -2.51. The maximum atomic E-state index is 7.03.